The first-order chi connectivity index (χ1) is 14.3. The zero-order valence-corrected chi connectivity index (χ0v) is 17.9. The number of halogens is 3. The molecular weight excluding hydrogens is 435 g/mol. The van der Waals surface area contributed by atoms with Crippen molar-refractivity contribution in [2.75, 3.05) is 19.4 Å². The average Bonchev–Trinajstić information content (AvgIpc) is 3.16. The maximum absolute atomic E-state index is 13.1. The Bertz CT molecular complexity index is 1130. The standard InChI is InChI=1S/C20H22F3N3O4S/c1-4-30-17(27)11-25-18(12(2)19(24)20(21,22)23)16-9-8-15(26-16)13-6-5-7-14(10-13)31(3,28)29/h5-10,26H,4,11,24H2,1-3H3. The van der Waals surface area contributed by atoms with Crippen molar-refractivity contribution in [3.8, 4) is 11.3 Å². The van der Waals surface area contributed by atoms with Crippen LogP contribution < -0.4 is 5.73 Å². The molecule has 2 aromatic rings. The number of carbonyl (C=O) groups is 1. The molecule has 1 aromatic heterocycles. The molecule has 0 saturated heterocycles. The van der Waals surface area contributed by atoms with Crippen molar-refractivity contribution in [2.45, 2.75) is 24.9 Å². The Morgan fingerprint density at radius 3 is 2.48 bits per heavy atom. The van der Waals surface area contributed by atoms with E-state index in [1.54, 1.807) is 25.1 Å². The molecule has 168 valence electrons. The summed E-state index contributed by atoms with van der Waals surface area (Å²) in [6, 6.07) is 9.10. The van der Waals surface area contributed by atoms with Crippen LogP contribution in [0.2, 0.25) is 0 Å². The predicted molar refractivity (Wildman–Crippen MR) is 110 cm³/mol. The smallest absolute Gasteiger partial charge is 0.431 e. The third-order valence-corrected chi connectivity index (χ3v) is 5.36. The molecule has 0 atom stereocenters. The number of benzene rings is 1. The van der Waals surface area contributed by atoms with E-state index in [2.05, 4.69) is 9.98 Å². The van der Waals surface area contributed by atoms with Crippen LogP contribution in [0, 0.1) is 0 Å². The third kappa shape index (κ3) is 6.20. The highest BCUT2D eigenvalue weighted by atomic mass is 32.2. The van der Waals surface area contributed by atoms with E-state index in [4.69, 9.17) is 10.5 Å². The van der Waals surface area contributed by atoms with Crippen LogP contribution in [0.25, 0.3) is 11.3 Å². The number of rotatable bonds is 7. The number of alkyl halides is 3. The van der Waals surface area contributed by atoms with Crippen LogP contribution in [-0.4, -0.2) is 50.7 Å². The van der Waals surface area contributed by atoms with Gasteiger partial charge in [-0.2, -0.15) is 13.2 Å². The number of ether oxygens (including phenoxy) is 1. The van der Waals surface area contributed by atoms with Crippen molar-refractivity contribution in [2.24, 2.45) is 10.7 Å². The highest BCUT2D eigenvalue weighted by Crippen LogP contribution is 2.27. The zero-order chi connectivity index (χ0) is 23.4. The van der Waals surface area contributed by atoms with Gasteiger partial charge in [0.05, 0.1) is 22.9 Å². The van der Waals surface area contributed by atoms with Crippen LogP contribution in [0.15, 0.2) is 57.6 Å². The van der Waals surface area contributed by atoms with Gasteiger partial charge in [0.1, 0.15) is 12.2 Å². The number of aliphatic imine (C=N–C) groups is 1. The van der Waals surface area contributed by atoms with Crippen molar-refractivity contribution in [1.29, 1.82) is 0 Å². The molecule has 2 rings (SSSR count). The van der Waals surface area contributed by atoms with Crippen LogP contribution >= 0.6 is 0 Å². The number of hydrogen-bond donors (Lipinski definition) is 2. The van der Waals surface area contributed by atoms with E-state index in [1.807, 2.05) is 0 Å². The van der Waals surface area contributed by atoms with Gasteiger partial charge >= 0.3 is 12.1 Å². The van der Waals surface area contributed by atoms with Gasteiger partial charge in [0, 0.05) is 17.5 Å². The van der Waals surface area contributed by atoms with E-state index >= 15 is 0 Å². The minimum Gasteiger partial charge on any atom is -0.465 e. The zero-order valence-electron chi connectivity index (χ0n) is 17.1. The van der Waals surface area contributed by atoms with Gasteiger partial charge in [-0.15, -0.1) is 0 Å². The van der Waals surface area contributed by atoms with E-state index < -0.39 is 34.2 Å². The molecule has 1 heterocycles. The molecule has 0 saturated carbocycles. The molecule has 0 radical (unpaired) electrons. The largest absolute Gasteiger partial charge is 0.465 e. The summed E-state index contributed by atoms with van der Waals surface area (Å²) in [5.41, 5.74) is 4.52. The summed E-state index contributed by atoms with van der Waals surface area (Å²) in [6.07, 6.45) is -3.71. The molecule has 1 aromatic carbocycles. The quantitative estimate of drug-likeness (QED) is 0.489. The van der Waals surface area contributed by atoms with Crippen molar-refractivity contribution in [3.63, 3.8) is 0 Å². The molecular formula is C20H22F3N3O4S. The normalized spacial score (nSPS) is 13.7. The molecule has 0 unspecified atom stereocenters. The minimum absolute atomic E-state index is 0.0924. The molecule has 0 aliphatic rings. The van der Waals surface area contributed by atoms with Gasteiger partial charge in [-0.3, -0.25) is 9.79 Å². The number of hydrogen-bond acceptors (Lipinski definition) is 6. The summed E-state index contributed by atoms with van der Waals surface area (Å²) < 4.78 is 67.7. The second-order valence-corrected chi connectivity index (χ2v) is 8.61. The van der Waals surface area contributed by atoms with Crippen molar-refractivity contribution in [3.05, 3.63) is 53.4 Å². The first-order valence-electron chi connectivity index (χ1n) is 9.08. The lowest BCUT2D eigenvalue weighted by Crippen LogP contribution is -2.24. The molecule has 0 amide bonds. The summed E-state index contributed by atoms with van der Waals surface area (Å²) in [5.74, 6) is -0.703. The Kier molecular flexibility index (Phi) is 7.32. The van der Waals surface area contributed by atoms with Crippen molar-refractivity contribution in [1.82, 2.24) is 4.98 Å². The lowest BCUT2D eigenvalue weighted by Gasteiger charge is -2.13. The summed E-state index contributed by atoms with van der Waals surface area (Å²) in [7, 11) is -3.45. The molecule has 7 nitrogen and oxygen atoms in total. The fourth-order valence-electron chi connectivity index (χ4n) is 2.69. The van der Waals surface area contributed by atoms with Crippen LogP contribution in [0.3, 0.4) is 0 Å². The van der Waals surface area contributed by atoms with Crippen LogP contribution in [-0.2, 0) is 19.4 Å². The van der Waals surface area contributed by atoms with Gasteiger partial charge in [-0.05, 0) is 43.7 Å². The fourth-order valence-corrected chi connectivity index (χ4v) is 3.36. The summed E-state index contributed by atoms with van der Waals surface area (Å²) in [6.45, 7) is 2.35. The first kappa shape index (κ1) is 24.2. The van der Waals surface area contributed by atoms with Gasteiger partial charge in [-0.1, -0.05) is 12.1 Å². The van der Waals surface area contributed by atoms with E-state index in [9.17, 15) is 26.4 Å². The van der Waals surface area contributed by atoms with E-state index in [1.165, 1.54) is 18.2 Å². The van der Waals surface area contributed by atoms with Gasteiger partial charge in [0.2, 0.25) is 0 Å². The summed E-state index contributed by atoms with van der Waals surface area (Å²) in [4.78, 5) is 18.7. The van der Waals surface area contributed by atoms with Gasteiger partial charge in [-0.25, -0.2) is 8.42 Å². The van der Waals surface area contributed by atoms with Gasteiger partial charge in [0.15, 0.2) is 9.84 Å². The van der Waals surface area contributed by atoms with E-state index in [0.29, 0.717) is 11.3 Å². The maximum atomic E-state index is 13.1. The number of carbonyl (C=O) groups excluding carboxylic acids is 1. The minimum atomic E-state index is -4.78. The number of esters is 1. The topological polar surface area (TPSA) is 115 Å². The molecule has 11 heteroatoms. The average molecular weight is 457 g/mol. The van der Waals surface area contributed by atoms with Gasteiger partial charge < -0.3 is 15.5 Å². The number of aromatic nitrogens is 1. The SMILES string of the molecule is CCOC(=O)CN=C(C(C)=C(N)C(F)(F)F)c1ccc(-c2cccc(S(C)(=O)=O)c2)[nH]1. The molecule has 0 aliphatic carbocycles. The summed E-state index contributed by atoms with van der Waals surface area (Å²) in [5, 5.41) is 0. The lowest BCUT2D eigenvalue weighted by molar-refractivity contribution is -0.141. The summed E-state index contributed by atoms with van der Waals surface area (Å²) >= 11 is 0. The molecule has 0 aliphatic heterocycles. The molecule has 3 N–H and O–H groups in total. The number of allylic oxidation sites excluding steroid dienone is 2. The second kappa shape index (κ2) is 9.38. The molecule has 0 bridgehead atoms. The predicted octanol–water partition coefficient (Wildman–Crippen LogP) is 3.23. The third-order valence-electron chi connectivity index (χ3n) is 4.25. The highest BCUT2D eigenvalue weighted by Gasteiger charge is 2.34. The maximum Gasteiger partial charge on any atom is 0.431 e. The van der Waals surface area contributed by atoms with Crippen molar-refractivity contribution >= 4 is 21.5 Å². The Morgan fingerprint density at radius 1 is 1.23 bits per heavy atom. The van der Waals surface area contributed by atoms with E-state index in [-0.39, 0.29) is 28.5 Å². The number of nitrogens with zero attached hydrogens (tertiary/aromatic N) is 1. The highest BCUT2D eigenvalue weighted by molar-refractivity contribution is 7.90. The molecule has 31 heavy (non-hydrogen) atoms. The van der Waals surface area contributed by atoms with Crippen molar-refractivity contribution < 1.29 is 31.1 Å². The monoisotopic (exact) mass is 457 g/mol. The lowest BCUT2D eigenvalue weighted by atomic mass is 10.1. The number of H-pyrrole nitrogens is 1. The van der Waals surface area contributed by atoms with Crippen LogP contribution in [0.1, 0.15) is 19.5 Å². The Balaban J connectivity index is 2.53. The number of nitrogens with one attached hydrogen (secondary N) is 1. The van der Waals surface area contributed by atoms with E-state index in [0.717, 1.165) is 13.2 Å². The van der Waals surface area contributed by atoms with Gasteiger partial charge in [0.25, 0.3) is 0 Å². The Morgan fingerprint density at radius 2 is 1.90 bits per heavy atom. The Hall–Kier alpha value is -3.08. The number of aromatic amines is 1. The molecule has 0 spiro atoms. The fraction of sp³-hybridized carbons (Fsp3) is 0.300. The number of sulfone groups is 1. The number of nitrogens with two attached hydrogens (primary N) is 1. The molecule has 0 fully saturated rings. The first-order valence-corrected chi connectivity index (χ1v) is 11.0. The van der Waals surface area contributed by atoms with Crippen LogP contribution in [0.4, 0.5) is 13.2 Å². The Labute approximate surface area is 177 Å². The van der Waals surface area contributed by atoms with Crippen LogP contribution in [0.5, 0.6) is 0 Å². The second-order valence-electron chi connectivity index (χ2n) is 6.59.